The highest BCUT2D eigenvalue weighted by molar-refractivity contribution is 6.09. The van der Waals surface area contributed by atoms with E-state index in [2.05, 4.69) is 0 Å². The number of furan rings is 1. The molecule has 2 aromatic heterocycles. The molecule has 0 atom stereocenters. The summed E-state index contributed by atoms with van der Waals surface area (Å²) in [5, 5.41) is 0.732. The third-order valence-electron chi connectivity index (χ3n) is 3.10. The maximum absolute atomic E-state index is 12.3. The van der Waals surface area contributed by atoms with Gasteiger partial charge in [-0.1, -0.05) is 0 Å². The Morgan fingerprint density at radius 1 is 1.10 bits per heavy atom. The van der Waals surface area contributed by atoms with E-state index in [1.165, 1.54) is 20.5 Å². The van der Waals surface area contributed by atoms with E-state index in [4.69, 9.17) is 18.3 Å². The van der Waals surface area contributed by atoms with Crippen LogP contribution in [0.15, 0.2) is 32.2 Å². The quantitative estimate of drug-likeness (QED) is 0.682. The first kappa shape index (κ1) is 12.3. The lowest BCUT2D eigenvalue weighted by molar-refractivity contribution is 0.112. The second-order valence-corrected chi connectivity index (χ2v) is 4.07. The minimum absolute atomic E-state index is 0.0827. The third kappa shape index (κ3) is 1.45. The second-order valence-electron chi connectivity index (χ2n) is 4.07. The number of hydrogen-bond acceptors (Lipinski definition) is 6. The molecule has 0 N–H and O–H groups in total. The summed E-state index contributed by atoms with van der Waals surface area (Å²) in [6.07, 6.45) is 3.02. The minimum atomic E-state index is -0.473. The van der Waals surface area contributed by atoms with Crippen LogP contribution in [0.5, 0.6) is 11.5 Å². The van der Waals surface area contributed by atoms with Gasteiger partial charge in [0, 0.05) is 0 Å². The van der Waals surface area contributed by atoms with Crippen LogP contribution in [0.25, 0.3) is 21.9 Å². The van der Waals surface area contributed by atoms with Gasteiger partial charge in [-0.05, 0) is 6.07 Å². The fourth-order valence-corrected chi connectivity index (χ4v) is 2.23. The van der Waals surface area contributed by atoms with E-state index in [-0.39, 0.29) is 22.4 Å². The van der Waals surface area contributed by atoms with E-state index in [0.29, 0.717) is 22.8 Å². The summed E-state index contributed by atoms with van der Waals surface area (Å²) in [7, 11) is 2.84. The molecule has 0 unspecified atom stereocenters. The Hall–Kier alpha value is -2.76. The van der Waals surface area contributed by atoms with E-state index >= 15 is 0 Å². The van der Waals surface area contributed by atoms with Crippen molar-refractivity contribution in [3.63, 3.8) is 0 Å². The van der Waals surface area contributed by atoms with Gasteiger partial charge in [0.05, 0.1) is 31.4 Å². The van der Waals surface area contributed by atoms with E-state index in [9.17, 15) is 9.59 Å². The average Bonchev–Trinajstić information content (AvgIpc) is 2.95. The van der Waals surface area contributed by atoms with Crippen molar-refractivity contribution in [3.05, 3.63) is 34.4 Å². The van der Waals surface area contributed by atoms with Gasteiger partial charge in [0.25, 0.3) is 0 Å². The Kier molecular flexibility index (Phi) is 2.71. The van der Waals surface area contributed by atoms with Crippen molar-refractivity contribution in [2.45, 2.75) is 0 Å². The smallest absolute Gasteiger partial charge is 0.207 e. The number of carbonyl (C=O) groups excluding carboxylic acids is 1. The van der Waals surface area contributed by atoms with E-state index < -0.39 is 5.43 Å². The lowest BCUT2D eigenvalue weighted by Crippen LogP contribution is -2.09. The molecule has 0 aliphatic rings. The molecule has 0 saturated heterocycles. The fraction of sp³-hybridized carbons (Fsp3) is 0.143. The fourth-order valence-electron chi connectivity index (χ4n) is 2.23. The van der Waals surface area contributed by atoms with Crippen molar-refractivity contribution >= 4 is 28.2 Å². The number of ether oxygens (including phenoxy) is 2. The molecule has 3 rings (SSSR count). The largest absolute Gasteiger partial charge is 0.492 e. The molecule has 0 radical (unpaired) electrons. The standard InChI is InChI=1S/C14H10O6/c1-17-13-9-10(16)7(5-15)6-20-11(9)8-3-4-19-12(8)14(13)18-2/h3-6H,1-2H3. The third-order valence-corrected chi connectivity index (χ3v) is 3.10. The molecule has 0 fully saturated rings. The summed E-state index contributed by atoms with van der Waals surface area (Å²) >= 11 is 0. The van der Waals surface area contributed by atoms with Gasteiger partial charge in [0.15, 0.2) is 23.2 Å². The van der Waals surface area contributed by atoms with Crippen LogP contribution < -0.4 is 14.9 Å². The van der Waals surface area contributed by atoms with E-state index in [0.717, 1.165) is 6.26 Å². The summed E-state index contributed by atoms with van der Waals surface area (Å²) in [5.41, 5.74) is 0.154. The van der Waals surface area contributed by atoms with Crippen LogP contribution in [0.3, 0.4) is 0 Å². The van der Waals surface area contributed by atoms with Crippen LogP contribution in [0, 0.1) is 0 Å². The van der Waals surface area contributed by atoms with Crippen LogP contribution in [0.2, 0.25) is 0 Å². The Morgan fingerprint density at radius 3 is 2.50 bits per heavy atom. The lowest BCUT2D eigenvalue weighted by Gasteiger charge is -2.10. The summed E-state index contributed by atoms with van der Waals surface area (Å²) in [6.45, 7) is 0. The molecular weight excluding hydrogens is 264 g/mol. The molecule has 102 valence electrons. The van der Waals surface area contributed by atoms with E-state index in [1.54, 1.807) is 6.07 Å². The van der Waals surface area contributed by atoms with Crippen molar-refractivity contribution in [1.82, 2.24) is 0 Å². The van der Waals surface area contributed by atoms with Gasteiger partial charge in [-0.25, -0.2) is 0 Å². The van der Waals surface area contributed by atoms with Crippen molar-refractivity contribution in [2.24, 2.45) is 0 Å². The summed E-state index contributed by atoms with van der Waals surface area (Å²) in [4.78, 5) is 23.2. The Morgan fingerprint density at radius 2 is 1.85 bits per heavy atom. The number of aldehydes is 1. The topological polar surface area (TPSA) is 78.9 Å². The molecule has 0 aliphatic heterocycles. The normalized spacial score (nSPS) is 10.9. The Balaban J connectivity index is 2.66. The van der Waals surface area contributed by atoms with Gasteiger partial charge < -0.3 is 18.3 Å². The minimum Gasteiger partial charge on any atom is -0.492 e. The zero-order valence-corrected chi connectivity index (χ0v) is 10.8. The van der Waals surface area contributed by atoms with Crippen LogP contribution in [-0.4, -0.2) is 20.5 Å². The van der Waals surface area contributed by atoms with Gasteiger partial charge in [0.2, 0.25) is 11.2 Å². The van der Waals surface area contributed by atoms with Crippen molar-refractivity contribution in [2.75, 3.05) is 14.2 Å². The molecule has 0 spiro atoms. The maximum Gasteiger partial charge on any atom is 0.207 e. The highest BCUT2D eigenvalue weighted by Crippen LogP contribution is 2.42. The highest BCUT2D eigenvalue weighted by Gasteiger charge is 2.23. The lowest BCUT2D eigenvalue weighted by atomic mass is 10.1. The Bertz CT molecular complexity index is 871. The van der Waals surface area contributed by atoms with Gasteiger partial charge in [-0.3, -0.25) is 9.59 Å². The van der Waals surface area contributed by atoms with Gasteiger partial charge in [-0.15, -0.1) is 0 Å². The number of rotatable bonds is 3. The molecule has 3 aromatic rings. The monoisotopic (exact) mass is 274 g/mol. The summed E-state index contributed by atoms with van der Waals surface area (Å²) < 4.78 is 21.3. The number of benzene rings is 1. The molecule has 1 aromatic carbocycles. The number of methoxy groups -OCH3 is 2. The molecule has 0 bridgehead atoms. The molecule has 20 heavy (non-hydrogen) atoms. The summed E-state index contributed by atoms with van der Waals surface area (Å²) in [5.74, 6) is 0.470. The number of carbonyl (C=O) groups is 1. The van der Waals surface area contributed by atoms with Crippen LogP contribution in [0.1, 0.15) is 10.4 Å². The Labute approximate surface area is 112 Å². The first-order chi connectivity index (χ1) is 9.72. The number of fused-ring (bicyclic) bond motifs is 3. The van der Waals surface area contributed by atoms with Crippen molar-refractivity contribution < 1.29 is 23.1 Å². The van der Waals surface area contributed by atoms with Crippen LogP contribution >= 0.6 is 0 Å². The van der Waals surface area contributed by atoms with Crippen molar-refractivity contribution in [3.8, 4) is 11.5 Å². The van der Waals surface area contributed by atoms with Crippen molar-refractivity contribution in [1.29, 1.82) is 0 Å². The molecule has 0 saturated carbocycles. The van der Waals surface area contributed by atoms with E-state index in [1.807, 2.05) is 0 Å². The molecule has 6 nitrogen and oxygen atoms in total. The molecule has 0 amide bonds. The SMILES string of the molecule is COc1c(OC)c2c(=O)c(C=O)coc2c2ccoc12. The average molecular weight is 274 g/mol. The maximum atomic E-state index is 12.3. The molecular formula is C14H10O6. The van der Waals surface area contributed by atoms with Crippen LogP contribution in [-0.2, 0) is 0 Å². The highest BCUT2D eigenvalue weighted by atomic mass is 16.5. The second kappa shape index (κ2) is 4.41. The zero-order chi connectivity index (χ0) is 14.3. The van der Waals surface area contributed by atoms with Gasteiger partial charge in [0.1, 0.15) is 11.6 Å². The van der Waals surface area contributed by atoms with Gasteiger partial charge in [-0.2, -0.15) is 0 Å². The zero-order valence-electron chi connectivity index (χ0n) is 10.8. The molecule has 0 aliphatic carbocycles. The number of hydrogen-bond donors (Lipinski definition) is 0. The molecule has 2 heterocycles. The van der Waals surface area contributed by atoms with Crippen LogP contribution in [0.4, 0.5) is 0 Å². The summed E-state index contributed by atoms with van der Waals surface area (Å²) in [6, 6.07) is 1.66. The first-order valence-electron chi connectivity index (χ1n) is 5.74. The predicted molar refractivity (Wildman–Crippen MR) is 70.7 cm³/mol. The predicted octanol–water partition coefficient (Wildman–Crippen LogP) is 2.37. The molecule has 6 heteroatoms. The first-order valence-corrected chi connectivity index (χ1v) is 5.74. The van der Waals surface area contributed by atoms with Gasteiger partial charge >= 0.3 is 0 Å².